The van der Waals surface area contributed by atoms with Gasteiger partial charge in [0, 0.05) is 16.9 Å². The van der Waals surface area contributed by atoms with Gasteiger partial charge in [-0.1, -0.05) is 44.5 Å². The Morgan fingerprint density at radius 1 is 1.31 bits per heavy atom. The second-order valence-corrected chi connectivity index (χ2v) is 5.38. The van der Waals surface area contributed by atoms with E-state index in [9.17, 15) is 9.90 Å². The van der Waals surface area contributed by atoms with Crippen LogP contribution < -0.4 is 0 Å². The highest BCUT2D eigenvalue weighted by atomic mass is 35.5. The van der Waals surface area contributed by atoms with Gasteiger partial charge < -0.3 is 5.11 Å². The molecule has 1 rings (SSSR count). The molecule has 0 spiro atoms. The lowest BCUT2D eigenvalue weighted by molar-refractivity contribution is -0.128. The van der Waals surface area contributed by atoms with Crippen molar-refractivity contribution < 1.29 is 9.90 Å². The van der Waals surface area contributed by atoms with Crippen LogP contribution in [0.4, 0.5) is 0 Å². The molecule has 0 saturated carbocycles. The van der Waals surface area contributed by atoms with Crippen LogP contribution >= 0.6 is 11.6 Å². The summed E-state index contributed by atoms with van der Waals surface area (Å²) in [7, 11) is 0. The fourth-order valence-electron chi connectivity index (χ4n) is 1.28. The van der Waals surface area contributed by atoms with Crippen LogP contribution in [0.15, 0.2) is 24.3 Å². The highest BCUT2D eigenvalue weighted by Gasteiger charge is 2.24. The molecule has 0 aliphatic carbocycles. The van der Waals surface area contributed by atoms with E-state index in [1.165, 1.54) is 0 Å². The summed E-state index contributed by atoms with van der Waals surface area (Å²) in [6.45, 7) is 5.55. The fraction of sp³-hybridized carbons (Fsp3) is 0.462. The SMILES string of the molecule is CC(C)(C)C(=O)C[C@H](O)c1ccc(Cl)cc1. The average molecular weight is 241 g/mol. The molecule has 0 radical (unpaired) electrons. The van der Waals surface area contributed by atoms with Gasteiger partial charge in [-0.25, -0.2) is 0 Å². The molecule has 1 aromatic rings. The molecule has 0 saturated heterocycles. The van der Waals surface area contributed by atoms with Gasteiger partial charge in [-0.05, 0) is 17.7 Å². The molecule has 16 heavy (non-hydrogen) atoms. The number of carbonyl (C=O) groups is 1. The van der Waals surface area contributed by atoms with Crippen molar-refractivity contribution in [3.8, 4) is 0 Å². The van der Waals surface area contributed by atoms with Crippen LogP contribution in [-0.2, 0) is 4.79 Å². The molecule has 1 aromatic carbocycles. The smallest absolute Gasteiger partial charge is 0.141 e. The van der Waals surface area contributed by atoms with E-state index in [4.69, 9.17) is 11.6 Å². The third kappa shape index (κ3) is 3.62. The second-order valence-electron chi connectivity index (χ2n) is 4.94. The van der Waals surface area contributed by atoms with Crippen molar-refractivity contribution in [2.75, 3.05) is 0 Å². The largest absolute Gasteiger partial charge is 0.388 e. The second kappa shape index (κ2) is 4.98. The van der Waals surface area contributed by atoms with E-state index >= 15 is 0 Å². The van der Waals surface area contributed by atoms with Crippen LogP contribution in [0.1, 0.15) is 38.9 Å². The maximum Gasteiger partial charge on any atom is 0.141 e. The monoisotopic (exact) mass is 240 g/mol. The van der Waals surface area contributed by atoms with E-state index in [1.54, 1.807) is 24.3 Å². The first kappa shape index (κ1) is 13.2. The summed E-state index contributed by atoms with van der Waals surface area (Å²) in [5.74, 6) is 0.0509. The molecule has 2 nitrogen and oxygen atoms in total. The highest BCUT2D eigenvalue weighted by Crippen LogP contribution is 2.24. The topological polar surface area (TPSA) is 37.3 Å². The number of rotatable bonds is 3. The van der Waals surface area contributed by atoms with Gasteiger partial charge in [-0.15, -0.1) is 0 Å². The Bertz CT molecular complexity index is 363. The van der Waals surface area contributed by atoms with Crippen molar-refractivity contribution >= 4 is 17.4 Å². The van der Waals surface area contributed by atoms with Gasteiger partial charge in [0.05, 0.1) is 6.10 Å². The van der Waals surface area contributed by atoms with Crippen LogP contribution in [0, 0.1) is 5.41 Å². The maximum absolute atomic E-state index is 11.7. The lowest BCUT2D eigenvalue weighted by atomic mass is 9.86. The Kier molecular flexibility index (Phi) is 4.11. The minimum atomic E-state index is -0.746. The summed E-state index contributed by atoms with van der Waals surface area (Å²) < 4.78 is 0. The number of aliphatic hydroxyl groups excluding tert-OH is 1. The Hall–Kier alpha value is -0.860. The normalized spacial score (nSPS) is 13.6. The van der Waals surface area contributed by atoms with Gasteiger partial charge in [-0.2, -0.15) is 0 Å². The molecule has 88 valence electrons. The lowest BCUT2D eigenvalue weighted by Crippen LogP contribution is -2.22. The molecule has 0 fully saturated rings. The third-order valence-electron chi connectivity index (χ3n) is 2.47. The van der Waals surface area contributed by atoms with Crippen LogP contribution in [0.3, 0.4) is 0 Å². The van der Waals surface area contributed by atoms with Crippen LogP contribution in [0.2, 0.25) is 5.02 Å². The Balaban J connectivity index is 2.69. The summed E-state index contributed by atoms with van der Waals surface area (Å²) in [6.07, 6.45) is -0.602. The first-order chi connectivity index (χ1) is 7.30. The summed E-state index contributed by atoms with van der Waals surface area (Å²) in [5, 5.41) is 10.5. The zero-order valence-corrected chi connectivity index (χ0v) is 10.6. The number of benzene rings is 1. The van der Waals surface area contributed by atoms with Gasteiger partial charge in [-0.3, -0.25) is 4.79 Å². The van der Waals surface area contributed by atoms with Gasteiger partial charge >= 0.3 is 0 Å². The Labute approximate surface area is 101 Å². The Morgan fingerprint density at radius 2 is 1.81 bits per heavy atom. The minimum Gasteiger partial charge on any atom is -0.388 e. The number of halogens is 1. The molecule has 1 N–H and O–H groups in total. The van der Waals surface area contributed by atoms with Crippen molar-refractivity contribution in [1.29, 1.82) is 0 Å². The number of aliphatic hydroxyl groups is 1. The average Bonchev–Trinajstić information content (AvgIpc) is 2.17. The molecule has 0 unspecified atom stereocenters. The molecule has 0 amide bonds. The van der Waals surface area contributed by atoms with Gasteiger partial charge in [0.2, 0.25) is 0 Å². The molecule has 3 heteroatoms. The van der Waals surface area contributed by atoms with Crippen LogP contribution in [0.5, 0.6) is 0 Å². The maximum atomic E-state index is 11.7. The van der Waals surface area contributed by atoms with E-state index < -0.39 is 11.5 Å². The summed E-state index contributed by atoms with van der Waals surface area (Å²) >= 11 is 5.75. The van der Waals surface area contributed by atoms with E-state index in [1.807, 2.05) is 20.8 Å². The zero-order chi connectivity index (χ0) is 12.3. The standard InChI is InChI=1S/C13H17ClO2/c1-13(2,3)12(16)8-11(15)9-4-6-10(14)7-5-9/h4-7,11,15H,8H2,1-3H3/t11-/m0/s1. The highest BCUT2D eigenvalue weighted by molar-refractivity contribution is 6.30. The number of hydrogen-bond donors (Lipinski definition) is 1. The zero-order valence-electron chi connectivity index (χ0n) is 9.83. The summed E-state index contributed by atoms with van der Waals surface area (Å²) in [4.78, 5) is 11.7. The van der Waals surface area contributed by atoms with Gasteiger partial charge in [0.15, 0.2) is 0 Å². The number of hydrogen-bond acceptors (Lipinski definition) is 2. The minimum absolute atomic E-state index is 0.0509. The van der Waals surface area contributed by atoms with E-state index in [-0.39, 0.29) is 12.2 Å². The first-order valence-corrected chi connectivity index (χ1v) is 5.65. The molecular formula is C13H17ClO2. The van der Waals surface area contributed by atoms with Crippen molar-refractivity contribution in [2.45, 2.75) is 33.3 Å². The van der Waals surface area contributed by atoms with E-state index in [0.717, 1.165) is 5.56 Å². The quantitative estimate of drug-likeness (QED) is 0.880. The summed E-state index contributed by atoms with van der Waals surface area (Å²) in [5.41, 5.74) is 0.315. The molecule has 0 aliphatic rings. The molecule has 0 bridgehead atoms. The van der Waals surface area contributed by atoms with Gasteiger partial charge in [0.1, 0.15) is 5.78 Å². The predicted octanol–water partition coefficient (Wildman–Crippen LogP) is 3.38. The lowest BCUT2D eigenvalue weighted by Gasteiger charge is -2.19. The fourth-order valence-corrected chi connectivity index (χ4v) is 1.41. The van der Waals surface area contributed by atoms with Crippen molar-refractivity contribution in [1.82, 2.24) is 0 Å². The number of carbonyl (C=O) groups excluding carboxylic acids is 1. The van der Waals surface area contributed by atoms with Crippen molar-refractivity contribution in [3.63, 3.8) is 0 Å². The third-order valence-corrected chi connectivity index (χ3v) is 2.72. The first-order valence-electron chi connectivity index (χ1n) is 5.27. The van der Waals surface area contributed by atoms with Gasteiger partial charge in [0.25, 0.3) is 0 Å². The number of Topliss-reactive ketones (excluding diaryl/α,β-unsaturated/α-hetero) is 1. The molecular weight excluding hydrogens is 224 g/mol. The van der Waals surface area contributed by atoms with Crippen molar-refractivity contribution in [3.05, 3.63) is 34.9 Å². The molecule has 0 heterocycles. The molecule has 0 aliphatic heterocycles. The van der Waals surface area contributed by atoms with E-state index in [2.05, 4.69) is 0 Å². The van der Waals surface area contributed by atoms with Crippen LogP contribution in [0.25, 0.3) is 0 Å². The molecule has 0 aromatic heterocycles. The Morgan fingerprint density at radius 3 is 2.25 bits per heavy atom. The van der Waals surface area contributed by atoms with Crippen molar-refractivity contribution in [2.24, 2.45) is 5.41 Å². The molecule has 1 atom stereocenters. The van der Waals surface area contributed by atoms with Crippen LogP contribution in [-0.4, -0.2) is 10.9 Å². The number of ketones is 1. The van der Waals surface area contributed by atoms with E-state index in [0.29, 0.717) is 5.02 Å². The summed E-state index contributed by atoms with van der Waals surface area (Å²) in [6, 6.07) is 6.90. The predicted molar refractivity (Wildman–Crippen MR) is 65.5 cm³/mol.